The molecule has 3 heteroatoms. The molecular formula is C20H26MgSi2. The van der Waals surface area contributed by atoms with Crippen molar-refractivity contribution in [2.24, 2.45) is 0 Å². The molecule has 2 aromatic rings. The molecule has 0 amide bonds. The summed E-state index contributed by atoms with van der Waals surface area (Å²) >= 11 is 0. The number of benzene rings is 2. The van der Waals surface area contributed by atoms with E-state index < -0.39 is 16.1 Å². The summed E-state index contributed by atoms with van der Waals surface area (Å²) in [7, 11) is -2.86. The minimum atomic E-state index is -1.43. The Hall–Kier alpha value is -0.620. The summed E-state index contributed by atoms with van der Waals surface area (Å²) in [5.41, 5.74) is 9.24. The fraction of sp³-hybridized carbons (Fsp3) is 0.300. The quantitative estimate of drug-likeness (QED) is 0.510. The SMILES string of the molecule is C[Si](C)(C)[C-]1c2ccccc2[C-]([Si](C)(C)C)c2ccccc21.[Mg+2]. The van der Waals surface area contributed by atoms with Gasteiger partial charge in [-0.25, -0.2) is 0 Å². The Morgan fingerprint density at radius 3 is 0.913 bits per heavy atom. The van der Waals surface area contributed by atoms with Gasteiger partial charge in [0.25, 0.3) is 0 Å². The average Bonchev–Trinajstić information content (AvgIpc) is 2.41. The Morgan fingerprint density at radius 1 is 0.522 bits per heavy atom. The van der Waals surface area contributed by atoms with Crippen molar-refractivity contribution in [1.29, 1.82) is 0 Å². The predicted octanol–water partition coefficient (Wildman–Crippen LogP) is 5.32. The molecule has 0 heterocycles. The van der Waals surface area contributed by atoms with Gasteiger partial charge in [-0.3, -0.25) is 0 Å². The van der Waals surface area contributed by atoms with Gasteiger partial charge in [-0.15, -0.1) is 24.3 Å². The first-order valence-corrected chi connectivity index (χ1v) is 15.2. The Balaban J connectivity index is 0.00000192. The molecule has 0 saturated heterocycles. The third-order valence-corrected chi connectivity index (χ3v) is 8.51. The minimum Gasteiger partial charge on any atom is -0.188 e. The van der Waals surface area contributed by atoms with Gasteiger partial charge in [-0.2, -0.15) is 57.6 Å². The maximum absolute atomic E-state index is 2.47. The van der Waals surface area contributed by atoms with Crippen molar-refractivity contribution >= 4 is 39.2 Å². The van der Waals surface area contributed by atoms with Crippen LogP contribution in [0.2, 0.25) is 39.3 Å². The average molecular weight is 347 g/mol. The molecule has 0 N–H and O–H groups in total. The molecule has 0 bridgehead atoms. The second-order valence-corrected chi connectivity index (χ2v) is 18.3. The molecule has 23 heavy (non-hydrogen) atoms. The predicted molar refractivity (Wildman–Crippen MR) is 108 cm³/mol. The summed E-state index contributed by atoms with van der Waals surface area (Å²) in [5, 5.41) is 0. The molecule has 0 aromatic heterocycles. The van der Waals surface area contributed by atoms with Gasteiger partial charge in [0.05, 0.1) is 0 Å². The van der Waals surface area contributed by atoms with E-state index in [0.29, 0.717) is 0 Å². The molecule has 1 aliphatic rings. The van der Waals surface area contributed by atoms with Crippen LogP contribution in [-0.2, 0) is 0 Å². The summed E-state index contributed by atoms with van der Waals surface area (Å²) in [4.78, 5) is 0. The van der Waals surface area contributed by atoms with Crippen LogP contribution in [0.4, 0.5) is 0 Å². The normalized spacial score (nSPS) is 14.0. The first-order chi connectivity index (χ1) is 10.2. The molecule has 0 nitrogen and oxygen atoms in total. The molecule has 3 rings (SSSR count). The van der Waals surface area contributed by atoms with Crippen molar-refractivity contribution in [2.45, 2.75) is 39.3 Å². The van der Waals surface area contributed by atoms with Crippen LogP contribution in [0.3, 0.4) is 0 Å². The summed E-state index contributed by atoms with van der Waals surface area (Å²) in [6, 6.07) is 18.2. The molecule has 0 aliphatic heterocycles. The van der Waals surface area contributed by atoms with Crippen molar-refractivity contribution in [2.75, 3.05) is 0 Å². The van der Waals surface area contributed by atoms with E-state index in [2.05, 4.69) is 87.8 Å². The van der Waals surface area contributed by atoms with E-state index in [4.69, 9.17) is 0 Å². The maximum atomic E-state index is 2.47. The summed E-state index contributed by atoms with van der Waals surface area (Å²) < 4.78 is 0. The van der Waals surface area contributed by atoms with E-state index in [1.165, 1.54) is 22.3 Å². The first kappa shape index (κ1) is 18.7. The van der Waals surface area contributed by atoms with Crippen LogP contribution in [0.15, 0.2) is 48.5 Å². The van der Waals surface area contributed by atoms with Gasteiger partial charge in [-0.1, -0.05) is 39.3 Å². The molecular weight excluding hydrogens is 321 g/mol. The van der Waals surface area contributed by atoms with E-state index in [1.807, 2.05) is 0 Å². The Bertz CT molecular complexity index is 588. The van der Waals surface area contributed by atoms with Gasteiger partial charge in [0.2, 0.25) is 0 Å². The van der Waals surface area contributed by atoms with Gasteiger partial charge in [0.15, 0.2) is 0 Å². The molecule has 2 aromatic carbocycles. The summed E-state index contributed by atoms with van der Waals surface area (Å²) in [6.07, 6.45) is 0. The van der Waals surface area contributed by atoms with Gasteiger partial charge >= 0.3 is 23.1 Å². The fourth-order valence-electron chi connectivity index (χ4n) is 3.74. The topological polar surface area (TPSA) is 0 Å². The Kier molecular flexibility index (Phi) is 5.17. The number of hydrogen-bond donors (Lipinski definition) is 0. The van der Waals surface area contributed by atoms with Crippen LogP contribution in [0, 0.1) is 11.1 Å². The van der Waals surface area contributed by atoms with E-state index in [9.17, 15) is 0 Å². The molecule has 0 saturated carbocycles. The molecule has 0 unspecified atom stereocenters. The van der Waals surface area contributed by atoms with Crippen LogP contribution >= 0.6 is 0 Å². The molecule has 116 valence electrons. The van der Waals surface area contributed by atoms with Crippen molar-refractivity contribution in [1.82, 2.24) is 0 Å². The molecule has 0 atom stereocenters. The summed E-state index contributed by atoms with van der Waals surface area (Å²) in [6.45, 7) is 14.8. The zero-order valence-electron chi connectivity index (χ0n) is 15.3. The van der Waals surface area contributed by atoms with Crippen LogP contribution in [0.1, 0.15) is 22.3 Å². The first-order valence-electron chi connectivity index (χ1n) is 8.15. The van der Waals surface area contributed by atoms with E-state index in [-0.39, 0.29) is 23.1 Å². The Labute approximate surface area is 159 Å². The zero-order valence-corrected chi connectivity index (χ0v) is 18.7. The smallest absolute Gasteiger partial charge is 0.188 e. The third-order valence-electron chi connectivity index (χ3n) is 4.43. The number of rotatable bonds is 2. The van der Waals surface area contributed by atoms with Crippen molar-refractivity contribution in [3.8, 4) is 0 Å². The zero-order chi connectivity index (χ0) is 16.1. The fourth-order valence-corrected chi connectivity index (χ4v) is 7.85. The Morgan fingerprint density at radius 2 is 0.739 bits per heavy atom. The van der Waals surface area contributed by atoms with Crippen molar-refractivity contribution in [3.63, 3.8) is 0 Å². The monoisotopic (exact) mass is 346 g/mol. The molecule has 0 fully saturated rings. The van der Waals surface area contributed by atoms with Crippen molar-refractivity contribution < 1.29 is 0 Å². The van der Waals surface area contributed by atoms with E-state index >= 15 is 0 Å². The molecule has 1 aliphatic carbocycles. The van der Waals surface area contributed by atoms with E-state index in [1.54, 1.807) is 11.1 Å². The van der Waals surface area contributed by atoms with Gasteiger partial charge in [-0.05, 0) is 0 Å². The van der Waals surface area contributed by atoms with Crippen LogP contribution in [-0.4, -0.2) is 39.2 Å². The van der Waals surface area contributed by atoms with E-state index in [0.717, 1.165) is 0 Å². The van der Waals surface area contributed by atoms with Gasteiger partial charge < -0.3 is 0 Å². The minimum absolute atomic E-state index is 0. The van der Waals surface area contributed by atoms with Gasteiger partial charge in [0.1, 0.15) is 0 Å². The molecule has 0 spiro atoms. The second kappa shape index (κ2) is 6.36. The second-order valence-electron chi connectivity index (χ2n) is 8.34. The molecule has 0 radical (unpaired) electrons. The maximum Gasteiger partial charge on any atom is 2.00 e. The number of fused-ring (bicyclic) bond motifs is 2. The number of hydrogen-bond acceptors (Lipinski definition) is 0. The summed E-state index contributed by atoms with van der Waals surface area (Å²) in [5.74, 6) is 0. The largest absolute Gasteiger partial charge is 2.00 e. The van der Waals surface area contributed by atoms with Crippen LogP contribution in [0.5, 0.6) is 0 Å². The van der Waals surface area contributed by atoms with Crippen molar-refractivity contribution in [3.05, 3.63) is 81.9 Å². The third kappa shape index (κ3) is 3.29. The van der Waals surface area contributed by atoms with Crippen LogP contribution in [0.25, 0.3) is 0 Å². The van der Waals surface area contributed by atoms with Crippen LogP contribution < -0.4 is 0 Å². The van der Waals surface area contributed by atoms with Gasteiger partial charge in [0, 0.05) is 16.1 Å². The standard InChI is InChI=1S/C20H26Si2.Mg/c1-21(2,3)19-15-11-7-9-13-17(15)20(22(4,5)6)18-14-10-8-12-16(18)19;/h7-14H,1-6H3;/q-2;+2.